The van der Waals surface area contributed by atoms with Crippen molar-refractivity contribution in [3.63, 3.8) is 0 Å². The molecule has 3 fully saturated rings. The maximum Gasteiger partial charge on any atom is 0.235 e. The number of ketones is 4. The highest BCUT2D eigenvalue weighted by Gasteiger charge is 2.69. The summed E-state index contributed by atoms with van der Waals surface area (Å²) in [6.07, 6.45) is 2.51. The number of phenols is 1. The van der Waals surface area contributed by atoms with Gasteiger partial charge in [-0.05, 0) is 81.9 Å². The molecule has 1 heterocycles. The first-order chi connectivity index (χ1) is 17.9. The molecule has 2 unspecified atom stereocenters. The first kappa shape index (κ1) is 26.6. The molecule has 1 aromatic carbocycles. The number of aromatic hydroxyl groups is 1. The van der Waals surface area contributed by atoms with Gasteiger partial charge in [-0.15, -0.1) is 0 Å². The number of likely N-dealkylation sites (N-methyl/N-ethyl adjacent to an activating group) is 1. The average Bonchev–Trinajstić information content (AvgIpc) is 2.84. The Morgan fingerprint density at radius 1 is 1.13 bits per heavy atom. The molecular formula is C28H35N3O7. The number of benzene rings is 1. The van der Waals surface area contributed by atoms with Gasteiger partial charge in [0.2, 0.25) is 5.91 Å². The fourth-order valence-electron chi connectivity index (χ4n) is 7.28. The smallest absolute Gasteiger partial charge is 0.235 e. The zero-order chi connectivity index (χ0) is 27.7. The number of rotatable bonds is 4. The van der Waals surface area contributed by atoms with E-state index in [4.69, 9.17) is 5.73 Å². The van der Waals surface area contributed by atoms with E-state index in [9.17, 15) is 34.2 Å². The van der Waals surface area contributed by atoms with E-state index in [0.29, 0.717) is 24.4 Å². The van der Waals surface area contributed by atoms with Crippen LogP contribution in [0.1, 0.15) is 47.7 Å². The van der Waals surface area contributed by atoms with Crippen LogP contribution in [0, 0.1) is 29.6 Å². The number of nitrogens with two attached hydrogens (primary N) is 1. The second kappa shape index (κ2) is 9.36. The van der Waals surface area contributed by atoms with E-state index in [2.05, 4.69) is 11.8 Å². The second-order valence-electron chi connectivity index (χ2n) is 11.8. The minimum absolute atomic E-state index is 0.0551. The molecule has 4 N–H and O–H groups in total. The first-order valence-corrected chi connectivity index (χ1v) is 13.3. The van der Waals surface area contributed by atoms with Crippen molar-refractivity contribution in [2.75, 3.05) is 27.2 Å². The summed E-state index contributed by atoms with van der Waals surface area (Å²) in [5.41, 5.74) is 4.29. The van der Waals surface area contributed by atoms with Crippen LogP contribution in [0.25, 0.3) is 0 Å². The van der Waals surface area contributed by atoms with Gasteiger partial charge in [-0.25, -0.2) is 0 Å². The lowest BCUT2D eigenvalue weighted by molar-refractivity contribution is -0.181. The molecule has 1 saturated heterocycles. The Morgan fingerprint density at radius 3 is 2.39 bits per heavy atom. The molecule has 5 rings (SSSR count). The summed E-state index contributed by atoms with van der Waals surface area (Å²) in [5, 5.41) is 22.3. The number of phenolic OH excluding ortho intramolecular Hbond substituents is 1. The van der Waals surface area contributed by atoms with E-state index >= 15 is 0 Å². The zero-order valence-electron chi connectivity index (χ0n) is 22.0. The van der Waals surface area contributed by atoms with Crippen molar-refractivity contribution in [2.45, 2.75) is 50.8 Å². The van der Waals surface area contributed by atoms with Crippen molar-refractivity contribution in [1.29, 1.82) is 0 Å². The van der Waals surface area contributed by atoms with E-state index in [1.807, 2.05) is 6.07 Å². The quantitative estimate of drug-likeness (QED) is 0.464. The fraction of sp³-hybridized carbons (Fsp3) is 0.607. The fourth-order valence-corrected chi connectivity index (χ4v) is 7.28. The molecule has 204 valence electrons. The monoisotopic (exact) mass is 525 g/mol. The SMILES string of the molecule is CC1CCN(Cc2ccc(O)c3c2C[C@H]2C[C@H]4[C@H](N(C)C)C(=O)C(C(N)=O)C(=O)[C@@]4(O)C(=O)C2C3=O)CC1. The van der Waals surface area contributed by atoms with Crippen LogP contribution < -0.4 is 5.73 Å². The lowest BCUT2D eigenvalue weighted by Crippen LogP contribution is -2.74. The van der Waals surface area contributed by atoms with Gasteiger partial charge in [-0.3, -0.25) is 33.8 Å². The number of hydrogen-bond donors (Lipinski definition) is 3. The Labute approximate surface area is 221 Å². The number of fused-ring (bicyclic) bond motifs is 3. The van der Waals surface area contributed by atoms with Crippen molar-refractivity contribution in [3.8, 4) is 5.75 Å². The maximum absolute atomic E-state index is 13.9. The van der Waals surface area contributed by atoms with Gasteiger partial charge in [0.25, 0.3) is 0 Å². The first-order valence-electron chi connectivity index (χ1n) is 13.3. The molecule has 0 aromatic heterocycles. The van der Waals surface area contributed by atoms with Crippen LogP contribution in [0.2, 0.25) is 0 Å². The number of piperidine rings is 1. The van der Waals surface area contributed by atoms with E-state index in [1.54, 1.807) is 14.1 Å². The molecule has 3 aliphatic carbocycles. The van der Waals surface area contributed by atoms with Gasteiger partial charge in [0.15, 0.2) is 34.7 Å². The van der Waals surface area contributed by atoms with Crippen molar-refractivity contribution in [1.82, 2.24) is 9.80 Å². The molecule has 6 atom stereocenters. The predicted molar refractivity (Wildman–Crippen MR) is 135 cm³/mol. The van der Waals surface area contributed by atoms with Gasteiger partial charge < -0.3 is 15.9 Å². The van der Waals surface area contributed by atoms with Crippen molar-refractivity contribution in [3.05, 3.63) is 28.8 Å². The van der Waals surface area contributed by atoms with E-state index in [-0.39, 0.29) is 17.7 Å². The van der Waals surface area contributed by atoms with Crippen LogP contribution in [0.4, 0.5) is 0 Å². The Balaban J connectivity index is 1.55. The van der Waals surface area contributed by atoms with E-state index in [0.717, 1.165) is 31.5 Å². The highest BCUT2D eigenvalue weighted by atomic mass is 16.3. The topological polar surface area (TPSA) is 158 Å². The molecule has 4 aliphatic rings. The number of amides is 1. The number of likely N-dealkylation sites (tertiary alicyclic amines) is 1. The van der Waals surface area contributed by atoms with Crippen LogP contribution in [0.3, 0.4) is 0 Å². The maximum atomic E-state index is 13.9. The Morgan fingerprint density at radius 2 is 1.79 bits per heavy atom. The van der Waals surface area contributed by atoms with Crippen molar-refractivity contribution < 1.29 is 34.2 Å². The minimum Gasteiger partial charge on any atom is -0.507 e. The summed E-state index contributed by atoms with van der Waals surface area (Å²) in [4.78, 5) is 70.1. The standard InChI is InChI=1S/C28H35N3O7/c1-13-6-8-31(9-7-13)12-14-4-5-18(32)20-16(14)10-15-11-17-22(30(2)3)24(34)21(27(29)37)26(36)28(17,38)25(35)19(15)23(20)33/h4-5,13,15,17,19,21-22,32,38H,6-12H2,1-3H3,(H2,29,37)/t15-,17-,19?,21?,22-,28-/m0/s1. The van der Waals surface area contributed by atoms with Gasteiger partial charge in [0, 0.05) is 12.5 Å². The van der Waals surface area contributed by atoms with Crippen molar-refractivity contribution in [2.24, 2.45) is 35.3 Å². The molecule has 1 aromatic rings. The molecule has 0 spiro atoms. The lowest BCUT2D eigenvalue weighted by Gasteiger charge is -2.52. The van der Waals surface area contributed by atoms with Gasteiger partial charge in [0.05, 0.1) is 17.5 Å². The van der Waals surface area contributed by atoms with Crippen LogP contribution in [-0.4, -0.2) is 87.9 Å². The second-order valence-corrected chi connectivity index (χ2v) is 11.8. The summed E-state index contributed by atoms with van der Waals surface area (Å²) in [6.45, 7) is 4.70. The number of nitrogens with zero attached hydrogens (tertiary/aromatic N) is 2. The molecule has 38 heavy (non-hydrogen) atoms. The summed E-state index contributed by atoms with van der Waals surface area (Å²) >= 11 is 0. The molecule has 0 radical (unpaired) electrons. The Hall–Kier alpha value is -2.95. The molecule has 2 saturated carbocycles. The van der Waals surface area contributed by atoms with Gasteiger partial charge >= 0.3 is 0 Å². The van der Waals surface area contributed by atoms with Crippen LogP contribution in [0.15, 0.2) is 12.1 Å². The van der Waals surface area contributed by atoms with Crippen LogP contribution in [-0.2, 0) is 32.1 Å². The van der Waals surface area contributed by atoms with Gasteiger partial charge in [-0.2, -0.15) is 0 Å². The minimum atomic E-state index is -2.70. The molecular weight excluding hydrogens is 490 g/mol. The lowest BCUT2D eigenvalue weighted by atomic mass is 9.52. The Kier molecular flexibility index (Phi) is 6.56. The predicted octanol–water partition coefficient (Wildman–Crippen LogP) is 0.0989. The third-order valence-electron chi connectivity index (χ3n) is 9.31. The van der Waals surface area contributed by atoms with Gasteiger partial charge in [0.1, 0.15) is 5.75 Å². The van der Waals surface area contributed by atoms with Crippen molar-refractivity contribution >= 4 is 29.0 Å². The highest BCUT2D eigenvalue weighted by Crippen LogP contribution is 2.51. The zero-order valence-corrected chi connectivity index (χ0v) is 22.0. The molecule has 1 aliphatic heterocycles. The number of Topliss-reactive ketones (excluding diaryl/α,β-unsaturated/α-hetero) is 4. The molecule has 10 nitrogen and oxygen atoms in total. The molecule has 0 bridgehead atoms. The summed E-state index contributed by atoms with van der Waals surface area (Å²) < 4.78 is 0. The van der Waals surface area contributed by atoms with E-state index < -0.39 is 64.4 Å². The third kappa shape index (κ3) is 3.84. The summed E-state index contributed by atoms with van der Waals surface area (Å²) in [7, 11) is 3.15. The molecule has 1 amide bonds. The number of primary amides is 1. The normalized spacial score (nSPS) is 34.2. The summed E-state index contributed by atoms with van der Waals surface area (Å²) in [6, 6.07) is 2.17. The van der Waals surface area contributed by atoms with Crippen LogP contribution >= 0.6 is 0 Å². The molecule has 10 heteroatoms. The summed E-state index contributed by atoms with van der Waals surface area (Å²) in [5.74, 6) is -9.49. The van der Waals surface area contributed by atoms with Gasteiger partial charge in [-0.1, -0.05) is 13.0 Å². The third-order valence-corrected chi connectivity index (χ3v) is 9.31. The number of hydrogen-bond acceptors (Lipinski definition) is 9. The van der Waals surface area contributed by atoms with E-state index in [1.165, 1.54) is 11.0 Å². The largest absolute Gasteiger partial charge is 0.507 e. The number of carbonyl (C=O) groups excluding carboxylic acids is 5. The average molecular weight is 526 g/mol. The number of aliphatic hydroxyl groups is 1. The number of carbonyl (C=O) groups is 5. The van der Waals surface area contributed by atoms with Crippen LogP contribution in [0.5, 0.6) is 5.75 Å². The Bertz CT molecular complexity index is 1240. The highest BCUT2D eigenvalue weighted by molar-refractivity contribution is 6.32.